The summed E-state index contributed by atoms with van der Waals surface area (Å²) in [5, 5.41) is 8.55. The van der Waals surface area contributed by atoms with Crippen LogP contribution in [0.5, 0.6) is 34.5 Å². The summed E-state index contributed by atoms with van der Waals surface area (Å²) in [5.41, 5.74) is 5.90. The van der Waals surface area contributed by atoms with E-state index in [1.165, 1.54) is 14.2 Å². The average molecular weight is 1500 g/mol. The van der Waals surface area contributed by atoms with Gasteiger partial charge in [0.25, 0.3) is 11.8 Å². The predicted octanol–water partition coefficient (Wildman–Crippen LogP) is 8.48. The normalized spacial score (nSPS) is 17.4. The SMILES string of the molecule is COc1cc2c(cc1OCCCOc1cc3c(cc1OC)C(=O)N1C=C(c4ccc5c(c4)OCO5)C[C@H]1C=N3)N=C[C@@H]1CC(c3ccc(NC(=O)[C@H](C)CC(=O)[C@@H](NC(=O)CCCCCOCCOCCOCCOCCOCCOCCOCCNC(=O)CCN4C(=O)CC(C)C4=O)C(C)C)cc3)=CN1C2=O. The molecule has 1 saturated heterocycles. The number of Topliss-reactive ketones (excluding diaryl/α,β-unsaturated/α-hetero) is 1. The van der Waals surface area contributed by atoms with Gasteiger partial charge in [-0.1, -0.05) is 52.3 Å². The van der Waals surface area contributed by atoms with Crippen molar-refractivity contribution in [3.8, 4) is 34.5 Å². The first-order valence-corrected chi connectivity index (χ1v) is 37.1. The number of ether oxygens (including phenoxy) is 13. The van der Waals surface area contributed by atoms with Crippen molar-refractivity contribution in [2.75, 3.05) is 145 Å². The number of benzene rings is 4. The van der Waals surface area contributed by atoms with Crippen molar-refractivity contribution in [3.05, 3.63) is 101 Å². The lowest BCUT2D eigenvalue weighted by molar-refractivity contribution is -0.139. The lowest BCUT2D eigenvalue weighted by atomic mass is 9.92. The third-order valence-corrected chi connectivity index (χ3v) is 18.8. The molecule has 29 nitrogen and oxygen atoms in total. The van der Waals surface area contributed by atoms with E-state index in [-0.39, 0.29) is 123 Å². The van der Waals surface area contributed by atoms with Crippen molar-refractivity contribution in [1.82, 2.24) is 25.3 Å². The topological polar surface area (TPSA) is 327 Å². The molecule has 108 heavy (non-hydrogen) atoms. The van der Waals surface area contributed by atoms with Gasteiger partial charge in [-0.15, -0.1) is 0 Å². The van der Waals surface area contributed by atoms with E-state index in [1.807, 2.05) is 56.6 Å². The molecule has 7 amide bonds. The molecule has 0 saturated carbocycles. The second kappa shape index (κ2) is 41.1. The van der Waals surface area contributed by atoms with Crippen LogP contribution in [0.25, 0.3) is 11.1 Å². The fourth-order valence-electron chi connectivity index (χ4n) is 12.8. The Morgan fingerprint density at radius 3 is 1.59 bits per heavy atom. The molecule has 29 heteroatoms. The quantitative estimate of drug-likeness (QED) is 0.0276. The molecule has 1 fully saturated rings. The molecule has 582 valence electrons. The largest absolute Gasteiger partial charge is 0.493 e. The van der Waals surface area contributed by atoms with E-state index >= 15 is 0 Å². The minimum atomic E-state index is -0.737. The van der Waals surface area contributed by atoms with Gasteiger partial charge in [0.15, 0.2) is 40.3 Å². The molecule has 1 unspecified atom stereocenters. The number of aliphatic imine (C=N–C) groups is 2. The number of amides is 7. The first-order chi connectivity index (χ1) is 52.5. The maximum Gasteiger partial charge on any atom is 0.260 e. The number of methoxy groups -OCH3 is 2. The van der Waals surface area contributed by atoms with Crippen LogP contribution >= 0.6 is 0 Å². The van der Waals surface area contributed by atoms with Crippen LogP contribution in [0.4, 0.5) is 17.1 Å². The fourth-order valence-corrected chi connectivity index (χ4v) is 12.8. The number of fused-ring (bicyclic) bond motifs is 5. The number of rotatable bonds is 47. The number of imide groups is 1. The van der Waals surface area contributed by atoms with E-state index < -0.39 is 12.0 Å². The molecule has 10 rings (SSSR count). The molecule has 6 aliphatic heterocycles. The van der Waals surface area contributed by atoms with Crippen LogP contribution in [0.15, 0.2) is 89.1 Å². The first-order valence-electron chi connectivity index (χ1n) is 37.1. The summed E-state index contributed by atoms with van der Waals surface area (Å²) in [7, 11) is 3.03. The highest BCUT2D eigenvalue weighted by molar-refractivity contribution is 6.07. The highest BCUT2D eigenvalue weighted by Crippen LogP contribution is 2.43. The summed E-state index contributed by atoms with van der Waals surface area (Å²) in [6.07, 6.45) is 11.4. The Morgan fingerprint density at radius 2 is 1.06 bits per heavy atom. The van der Waals surface area contributed by atoms with E-state index in [9.17, 15) is 38.4 Å². The number of unbranched alkanes of at least 4 members (excludes halogenated alkanes) is 2. The lowest BCUT2D eigenvalue weighted by Gasteiger charge is -2.23. The van der Waals surface area contributed by atoms with Crippen molar-refractivity contribution in [3.63, 3.8) is 0 Å². The molecule has 6 aliphatic rings. The van der Waals surface area contributed by atoms with Gasteiger partial charge in [0.2, 0.25) is 36.3 Å². The number of hydrogen-bond donors (Lipinski definition) is 3. The number of carbonyl (C=O) groups is 8. The zero-order valence-electron chi connectivity index (χ0n) is 62.4. The number of anilines is 1. The molecule has 0 aliphatic carbocycles. The Hall–Kier alpha value is -9.62. The van der Waals surface area contributed by atoms with E-state index in [0.717, 1.165) is 40.0 Å². The zero-order valence-corrected chi connectivity index (χ0v) is 62.4. The number of nitrogens with zero attached hydrogens (tertiary/aromatic N) is 5. The average Bonchev–Trinajstić information content (AvgIpc) is 1.64. The molecule has 4 aromatic rings. The van der Waals surface area contributed by atoms with Crippen molar-refractivity contribution >= 4 is 87.8 Å². The first kappa shape index (κ1) is 80.9. The molecule has 3 N–H and O–H groups in total. The van der Waals surface area contributed by atoms with Crippen LogP contribution in [-0.2, 0) is 61.9 Å². The molecule has 5 atom stereocenters. The van der Waals surface area contributed by atoms with Gasteiger partial charge >= 0.3 is 0 Å². The Morgan fingerprint density at radius 1 is 0.546 bits per heavy atom. The smallest absolute Gasteiger partial charge is 0.260 e. The van der Waals surface area contributed by atoms with Gasteiger partial charge < -0.3 is 87.3 Å². The summed E-state index contributed by atoms with van der Waals surface area (Å²) in [6, 6.07) is 18.4. The van der Waals surface area contributed by atoms with E-state index in [4.69, 9.17) is 71.6 Å². The number of carbonyl (C=O) groups excluding carboxylic acids is 8. The second-order valence-electron chi connectivity index (χ2n) is 27.1. The second-order valence-corrected chi connectivity index (χ2v) is 27.1. The molecule has 4 aromatic carbocycles. The zero-order chi connectivity index (χ0) is 76.3. The molecule has 0 radical (unpaired) electrons. The van der Waals surface area contributed by atoms with Crippen LogP contribution in [0.2, 0.25) is 0 Å². The maximum atomic E-state index is 14.2. The maximum absolute atomic E-state index is 14.2. The monoisotopic (exact) mass is 1500 g/mol. The van der Waals surface area contributed by atoms with Gasteiger partial charge in [0, 0.05) is 119 Å². The fraction of sp³-hybridized carbons (Fsp3) is 0.519. The summed E-state index contributed by atoms with van der Waals surface area (Å²) >= 11 is 0. The standard InChI is InChI=1S/C79H100N8O21/c1-51(2)75(84-73(90)11-8-7-9-21-98-25-27-100-29-31-102-33-35-104-36-34-103-32-30-101-28-26-99-24-19-80-72(89)18-20-85-74(91)38-53(4)77(85)93)65(88)37-52(3)76(92)83-58-15-12-54(13-16-58)56-39-59-46-81-63-44-70(67(96-5)42-61(63)78(94)86(59)48-56)105-22-10-23-106-71-45-64-62(43-68(71)97-6)79(95)87-49-57(40-60(87)47-82-64)55-14-17-66-69(41-55)108-50-107-66/h12-17,41-49,51-53,59-60,75H,7-11,18-40,50H2,1-6H3,(H,80,89)(H,83,92)(H,84,90)/t52-,53?,59+,60+,75+/m1/s1. The lowest BCUT2D eigenvalue weighted by Crippen LogP contribution is -2.45. The van der Waals surface area contributed by atoms with Gasteiger partial charge in [0.05, 0.1) is 154 Å². The summed E-state index contributed by atoms with van der Waals surface area (Å²) in [4.78, 5) is 118. The Balaban J connectivity index is 0.536. The number of hydrogen-bond acceptors (Lipinski definition) is 23. The van der Waals surface area contributed by atoms with Crippen LogP contribution < -0.4 is 44.4 Å². The number of ketones is 1. The van der Waals surface area contributed by atoms with E-state index in [0.29, 0.717) is 187 Å². The van der Waals surface area contributed by atoms with Crippen LogP contribution in [0, 0.1) is 17.8 Å². The third-order valence-electron chi connectivity index (χ3n) is 18.8. The van der Waals surface area contributed by atoms with Crippen LogP contribution in [0.3, 0.4) is 0 Å². The van der Waals surface area contributed by atoms with Crippen molar-refractivity contribution < 1.29 is 99.9 Å². The van der Waals surface area contributed by atoms with Crippen LogP contribution in [-0.4, -0.2) is 232 Å². The summed E-state index contributed by atoms with van der Waals surface area (Å²) in [5.74, 6) is -0.141. The number of nitrogens with one attached hydrogen (secondary N) is 3. The van der Waals surface area contributed by atoms with Crippen molar-refractivity contribution in [1.29, 1.82) is 0 Å². The molecule has 6 heterocycles. The van der Waals surface area contributed by atoms with Gasteiger partial charge in [-0.25, -0.2) is 0 Å². The van der Waals surface area contributed by atoms with Gasteiger partial charge in [0.1, 0.15) is 0 Å². The van der Waals surface area contributed by atoms with Gasteiger partial charge in [-0.2, -0.15) is 0 Å². The molecular weight excluding hydrogens is 1400 g/mol. The highest BCUT2D eigenvalue weighted by Gasteiger charge is 2.38. The summed E-state index contributed by atoms with van der Waals surface area (Å²) < 4.78 is 73.7. The minimum Gasteiger partial charge on any atom is -0.493 e. The van der Waals surface area contributed by atoms with Gasteiger partial charge in [-0.3, -0.25) is 53.2 Å². The molecule has 0 bridgehead atoms. The molecule has 0 aromatic heterocycles. The van der Waals surface area contributed by atoms with E-state index in [1.54, 1.807) is 72.5 Å². The van der Waals surface area contributed by atoms with Crippen molar-refractivity contribution in [2.45, 2.75) is 110 Å². The minimum absolute atomic E-state index is 0.0540. The Kier molecular flexibility index (Phi) is 30.8. The van der Waals surface area contributed by atoms with E-state index in [2.05, 4.69) is 16.0 Å². The summed E-state index contributed by atoms with van der Waals surface area (Å²) in [6.45, 7) is 14.0. The van der Waals surface area contributed by atoms with Crippen molar-refractivity contribution in [2.24, 2.45) is 27.7 Å². The number of likely N-dealkylation sites (tertiary alicyclic amines) is 1. The third kappa shape index (κ3) is 22.7. The Bertz CT molecular complexity index is 3920. The molecular formula is C79H100N8O21. The van der Waals surface area contributed by atoms with Gasteiger partial charge in [-0.05, 0) is 77.4 Å². The highest BCUT2D eigenvalue weighted by atomic mass is 16.7. The molecule has 0 spiro atoms. The Labute approximate surface area is 629 Å². The van der Waals surface area contributed by atoms with Crippen LogP contribution in [0.1, 0.15) is 124 Å². The predicted molar refractivity (Wildman–Crippen MR) is 399 cm³/mol.